The van der Waals surface area contributed by atoms with E-state index in [1.165, 1.54) is 23.5 Å². The first kappa shape index (κ1) is 21.4. The van der Waals surface area contributed by atoms with Gasteiger partial charge in [-0.2, -0.15) is 0 Å². The zero-order valence-corrected chi connectivity index (χ0v) is 18.2. The monoisotopic (exact) mass is 476 g/mol. The highest BCUT2D eigenvalue weighted by Crippen LogP contribution is 2.33. The molecule has 31 heavy (non-hydrogen) atoms. The molecule has 0 aliphatic heterocycles. The molecule has 4 aromatic rings. The van der Waals surface area contributed by atoms with Crippen LogP contribution in [0.1, 0.15) is 5.56 Å². The van der Waals surface area contributed by atoms with Crippen LogP contribution in [0, 0.1) is 5.82 Å². The van der Waals surface area contributed by atoms with Crippen molar-refractivity contribution >= 4 is 50.8 Å². The van der Waals surface area contributed by atoms with Gasteiger partial charge in [-0.3, -0.25) is 0 Å². The van der Waals surface area contributed by atoms with E-state index in [1.807, 2.05) is 18.2 Å². The van der Waals surface area contributed by atoms with E-state index < -0.39 is 11.9 Å². The molecule has 0 bridgehead atoms. The Morgan fingerprint density at radius 3 is 2.55 bits per heavy atom. The number of carbonyl (C=O) groups excluding carboxylic acids is 1. The minimum Gasteiger partial charge on any atom is -0.493 e. The number of thiazole rings is 1. The lowest BCUT2D eigenvalue weighted by atomic mass is 10.1. The van der Waals surface area contributed by atoms with Gasteiger partial charge in [-0.15, -0.1) is 11.3 Å². The van der Waals surface area contributed by atoms with Crippen molar-refractivity contribution in [2.24, 2.45) is 5.73 Å². The van der Waals surface area contributed by atoms with E-state index in [0.29, 0.717) is 35.1 Å². The largest absolute Gasteiger partial charge is 0.493 e. The van der Waals surface area contributed by atoms with Gasteiger partial charge < -0.3 is 15.2 Å². The summed E-state index contributed by atoms with van der Waals surface area (Å²) < 4.78 is 25.2. The predicted octanol–water partition coefficient (Wildman–Crippen LogP) is 6.49. The second kappa shape index (κ2) is 9.09. The number of nitrogens with zero attached hydrogens (tertiary/aromatic N) is 1. The number of hydrogen-bond acceptors (Lipinski definition) is 5. The maximum absolute atomic E-state index is 13.6. The molecular formula is C22H15Cl2FN2O3S. The van der Waals surface area contributed by atoms with Crippen LogP contribution in [0.15, 0.2) is 54.6 Å². The van der Waals surface area contributed by atoms with Crippen molar-refractivity contribution < 1.29 is 18.7 Å². The summed E-state index contributed by atoms with van der Waals surface area (Å²) in [5, 5.41) is 1.24. The highest BCUT2D eigenvalue weighted by Gasteiger charge is 2.12. The Kier molecular flexibility index (Phi) is 6.27. The van der Waals surface area contributed by atoms with Gasteiger partial charge in [0.1, 0.15) is 22.3 Å². The smallest absolute Gasteiger partial charge is 0.409 e. The zero-order chi connectivity index (χ0) is 22.0. The van der Waals surface area contributed by atoms with Crippen LogP contribution in [0.2, 0.25) is 10.0 Å². The fourth-order valence-corrected chi connectivity index (χ4v) is 4.53. The molecule has 158 valence electrons. The first-order chi connectivity index (χ1) is 14.9. The van der Waals surface area contributed by atoms with Crippen molar-refractivity contribution in [3.63, 3.8) is 0 Å². The maximum atomic E-state index is 13.6. The SMILES string of the molecule is NC(=O)Oc1ccc(-c2nc3ccc(OCCc4c(Cl)ccc(F)c4Cl)cc3s2)cc1. The number of fused-ring (bicyclic) bond motifs is 1. The quantitative estimate of drug-likeness (QED) is 0.322. The molecule has 0 unspecified atom stereocenters. The molecule has 0 saturated heterocycles. The Morgan fingerprint density at radius 1 is 1.06 bits per heavy atom. The average Bonchev–Trinajstić information content (AvgIpc) is 3.17. The van der Waals surface area contributed by atoms with Crippen LogP contribution in [0.3, 0.4) is 0 Å². The number of carbonyl (C=O) groups is 1. The molecule has 0 atom stereocenters. The summed E-state index contributed by atoms with van der Waals surface area (Å²) in [6, 6.07) is 15.2. The summed E-state index contributed by atoms with van der Waals surface area (Å²) in [6.45, 7) is 0.293. The van der Waals surface area contributed by atoms with Crippen LogP contribution in [-0.2, 0) is 6.42 Å². The van der Waals surface area contributed by atoms with Crippen LogP contribution in [0.25, 0.3) is 20.8 Å². The Hall–Kier alpha value is -2.87. The van der Waals surface area contributed by atoms with Gasteiger partial charge in [0.15, 0.2) is 0 Å². The normalized spacial score (nSPS) is 10.9. The first-order valence-corrected chi connectivity index (χ1v) is 10.7. The maximum Gasteiger partial charge on any atom is 0.409 e. The van der Waals surface area contributed by atoms with Gasteiger partial charge in [-0.25, -0.2) is 14.2 Å². The first-order valence-electron chi connectivity index (χ1n) is 9.14. The third-order valence-corrected chi connectivity index (χ3v) is 6.27. The van der Waals surface area contributed by atoms with Crippen LogP contribution >= 0.6 is 34.5 Å². The lowest BCUT2D eigenvalue weighted by molar-refractivity contribution is 0.211. The van der Waals surface area contributed by atoms with Gasteiger partial charge in [0.2, 0.25) is 0 Å². The van der Waals surface area contributed by atoms with Gasteiger partial charge in [-0.1, -0.05) is 23.2 Å². The number of hydrogen-bond donors (Lipinski definition) is 1. The Labute approximate surface area is 191 Å². The minimum atomic E-state index is -0.859. The summed E-state index contributed by atoms with van der Waals surface area (Å²) in [7, 11) is 0. The summed E-state index contributed by atoms with van der Waals surface area (Å²) in [5.74, 6) is 0.525. The molecule has 5 nitrogen and oxygen atoms in total. The van der Waals surface area contributed by atoms with Gasteiger partial charge in [0.25, 0.3) is 0 Å². The summed E-state index contributed by atoms with van der Waals surface area (Å²) in [6.07, 6.45) is -0.483. The van der Waals surface area contributed by atoms with E-state index in [1.54, 1.807) is 24.3 Å². The summed E-state index contributed by atoms with van der Waals surface area (Å²) >= 11 is 13.6. The van der Waals surface area contributed by atoms with Crippen molar-refractivity contribution in [3.05, 3.63) is 76.0 Å². The Balaban J connectivity index is 1.47. The molecule has 0 radical (unpaired) electrons. The number of rotatable bonds is 6. The van der Waals surface area contributed by atoms with E-state index in [0.717, 1.165) is 20.8 Å². The lowest BCUT2D eigenvalue weighted by Gasteiger charge is -2.09. The molecule has 0 fully saturated rings. The average molecular weight is 477 g/mol. The molecule has 1 amide bonds. The third kappa shape index (κ3) is 4.90. The standard InChI is InChI=1S/C22H15Cl2FN2O3S/c23-16-6-7-17(25)20(24)15(16)9-10-29-14-5-8-18-19(11-14)31-21(27-18)12-1-3-13(4-2-12)30-22(26)28/h1-8,11H,9-10H2,(H2,26,28). The lowest BCUT2D eigenvalue weighted by Crippen LogP contribution is -2.16. The molecule has 0 aliphatic rings. The molecule has 1 heterocycles. The van der Waals surface area contributed by atoms with E-state index in [-0.39, 0.29) is 5.02 Å². The number of amides is 1. The van der Waals surface area contributed by atoms with Crippen LogP contribution in [0.4, 0.5) is 9.18 Å². The molecule has 0 saturated carbocycles. The number of primary amides is 1. The summed E-state index contributed by atoms with van der Waals surface area (Å²) in [5.41, 5.74) is 7.26. The van der Waals surface area contributed by atoms with Crippen molar-refractivity contribution in [1.82, 2.24) is 4.98 Å². The highest BCUT2D eigenvalue weighted by molar-refractivity contribution is 7.21. The molecule has 9 heteroatoms. The van der Waals surface area contributed by atoms with Gasteiger partial charge in [-0.05, 0) is 60.2 Å². The Bertz CT molecular complexity index is 1260. The van der Waals surface area contributed by atoms with Crippen LogP contribution < -0.4 is 15.2 Å². The number of nitrogens with two attached hydrogens (primary N) is 1. The third-order valence-electron chi connectivity index (χ3n) is 4.44. The minimum absolute atomic E-state index is 0.0194. The predicted molar refractivity (Wildman–Crippen MR) is 121 cm³/mol. The molecule has 3 aromatic carbocycles. The molecule has 1 aromatic heterocycles. The van der Waals surface area contributed by atoms with Crippen LogP contribution in [-0.4, -0.2) is 17.7 Å². The van der Waals surface area contributed by atoms with Crippen molar-refractivity contribution in [1.29, 1.82) is 0 Å². The Morgan fingerprint density at radius 2 is 1.81 bits per heavy atom. The second-order valence-corrected chi connectivity index (χ2v) is 8.33. The molecule has 2 N–H and O–H groups in total. The second-order valence-electron chi connectivity index (χ2n) is 6.51. The van der Waals surface area contributed by atoms with E-state index in [4.69, 9.17) is 38.4 Å². The number of ether oxygens (including phenoxy) is 2. The molecule has 4 rings (SSSR count). The number of aromatic nitrogens is 1. The zero-order valence-electron chi connectivity index (χ0n) is 15.9. The molecular weight excluding hydrogens is 462 g/mol. The number of benzene rings is 3. The number of halogens is 3. The van der Waals surface area contributed by atoms with Crippen molar-refractivity contribution in [2.45, 2.75) is 6.42 Å². The van der Waals surface area contributed by atoms with Gasteiger partial charge in [0.05, 0.1) is 21.8 Å². The topological polar surface area (TPSA) is 74.4 Å². The van der Waals surface area contributed by atoms with E-state index in [9.17, 15) is 9.18 Å². The molecule has 0 aliphatic carbocycles. The molecule has 0 spiro atoms. The fraction of sp³-hybridized carbons (Fsp3) is 0.0909. The van der Waals surface area contributed by atoms with Crippen LogP contribution in [0.5, 0.6) is 11.5 Å². The van der Waals surface area contributed by atoms with Gasteiger partial charge in [0, 0.05) is 17.0 Å². The van der Waals surface area contributed by atoms with E-state index in [2.05, 4.69) is 4.98 Å². The van der Waals surface area contributed by atoms with Crippen molar-refractivity contribution in [2.75, 3.05) is 6.61 Å². The summed E-state index contributed by atoms with van der Waals surface area (Å²) in [4.78, 5) is 15.5. The van der Waals surface area contributed by atoms with Crippen molar-refractivity contribution in [3.8, 4) is 22.1 Å². The van der Waals surface area contributed by atoms with E-state index >= 15 is 0 Å². The van der Waals surface area contributed by atoms with Gasteiger partial charge >= 0.3 is 6.09 Å². The fourth-order valence-electron chi connectivity index (χ4n) is 2.97. The highest BCUT2D eigenvalue weighted by atomic mass is 35.5.